The number of pyridine rings is 1. The second-order valence-electron chi connectivity index (χ2n) is 2.84. The molecular weight excluding hydrogens is 247 g/mol. The van der Waals surface area contributed by atoms with Crippen LogP contribution in [0.25, 0.3) is 0 Å². The maximum Gasteiger partial charge on any atom is 0.310 e. The second-order valence-corrected chi connectivity index (χ2v) is 3.24. The van der Waals surface area contributed by atoms with E-state index < -0.39 is 30.3 Å². The number of methoxy groups -OCH3 is 1. The van der Waals surface area contributed by atoms with Crippen LogP contribution in [0.1, 0.15) is 17.7 Å². The van der Waals surface area contributed by atoms with Gasteiger partial charge in [0, 0.05) is 11.8 Å². The summed E-state index contributed by atoms with van der Waals surface area (Å²) in [4.78, 5) is 14.1. The van der Waals surface area contributed by atoms with Crippen molar-refractivity contribution < 1.29 is 22.7 Å². The fourth-order valence-corrected chi connectivity index (χ4v) is 1.25. The van der Waals surface area contributed by atoms with Gasteiger partial charge in [-0.3, -0.25) is 9.78 Å². The third-order valence-electron chi connectivity index (χ3n) is 1.85. The standard InChI is InChI=1S/C9H7ClF3NO2/c1-16-6(15)2-4-5(10)3-14-8(7(4)11)9(12)13/h3,9H,2H2,1H3. The normalized spacial score (nSPS) is 10.6. The van der Waals surface area contributed by atoms with Crippen molar-refractivity contribution in [2.45, 2.75) is 12.8 Å². The molecule has 1 rings (SSSR count). The largest absolute Gasteiger partial charge is 0.469 e. The summed E-state index contributed by atoms with van der Waals surface area (Å²) in [6.07, 6.45) is -2.69. The zero-order valence-electron chi connectivity index (χ0n) is 8.14. The fraction of sp³-hybridized carbons (Fsp3) is 0.333. The number of ether oxygens (including phenoxy) is 1. The summed E-state index contributed by atoms with van der Waals surface area (Å²) in [7, 11) is 1.10. The molecule has 0 aliphatic carbocycles. The molecule has 0 bridgehead atoms. The molecule has 0 unspecified atom stereocenters. The Morgan fingerprint density at radius 2 is 2.25 bits per heavy atom. The number of nitrogens with zero attached hydrogens (tertiary/aromatic N) is 1. The van der Waals surface area contributed by atoms with Crippen molar-refractivity contribution in [1.82, 2.24) is 4.98 Å². The molecule has 0 N–H and O–H groups in total. The maximum absolute atomic E-state index is 13.4. The van der Waals surface area contributed by atoms with Gasteiger partial charge in [-0.25, -0.2) is 13.2 Å². The van der Waals surface area contributed by atoms with E-state index in [0.717, 1.165) is 13.3 Å². The topological polar surface area (TPSA) is 39.2 Å². The van der Waals surface area contributed by atoms with Crippen LogP contribution >= 0.6 is 11.6 Å². The first kappa shape index (κ1) is 12.8. The summed E-state index contributed by atoms with van der Waals surface area (Å²) < 4.78 is 42.3. The van der Waals surface area contributed by atoms with Crippen LogP contribution in [0, 0.1) is 5.82 Å². The first-order valence-electron chi connectivity index (χ1n) is 4.15. The van der Waals surface area contributed by atoms with Gasteiger partial charge in [-0.1, -0.05) is 11.6 Å². The van der Waals surface area contributed by atoms with Crippen LogP contribution in [0.15, 0.2) is 6.20 Å². The molecule has 1 heterocycles. The van der Waals surface area contributed by atoms with E-state index in [1.165, 1.54) is 0 Å². The molecule has 1 aromatic rings. The molecule has 0 saturated heterocycles. The van der Waals surface area contributed by atoms with E-state index in [-0.39, 0.29) is 10.6 Å². The quantitative estimate of drug-likeness (QED) is 0.777. The Morgan fingerprint density at radius 1 is 1.62 bits per heavy atom. The van der Waals surface area contributed by atoms with Gasteiger partial charge in [0.05, 0.1) is 18.6 Å². The first-order valence-corrected chi connectivity index (χ1v) is 4.53. The fourth-order valence-electron chi connectivity index (χ4n) is 1.05. The molecule has 88 valence electrons. The molecule has 0 aliphatic rings. The van der Waals surface area contributed by atoms with E-state index in [4.69, 9.17) is 11.6 Å². The third kappa shape index (κ3) is 2.63. The SMILES string of the molecule is COC(=O)Cc1c(Cl)cnc(C(F)F)c1F. The molecule has 0 fully saturated rings. The van der Waals surface area contributed by atoms with Crippen LogP contribution in [-0.4, -0.2) is 18.1 Å². The molecule has 7 heteroatoms. The number of carbonyl (C=O) groups excluding carboxylic acids is 1. The summed E-state index contributed by atoms with van der Waals surface area (Å²) >= 11 is 5.55. The number of rotatable bonds is 3. The lowest BCUT2D eigenvalue weighted by molar-refractivity contribution is -0.139. The molecule has 0 aromatic carbocycles. The predicted molar refractivity (Wildman–Crippen MR) is 49.9 cm³/mol. The lowest BCUT2D eigenvalue weighted by Gasteiger charge is -2.07. The van der Waals surface area contributed by atoms with Gasteiger partial charge in [0.1, 0.15) is 5.69 Å². The van der Waals surface area contributed by atoms with E-state index >= 15 is 0 Å². The minimum absolute atomic E-state index is 0.188. The zero-order valence-corrected chi connectivity index (χ0v) is 8.89. The smallest absolute Gasteiger partial charge is 0.310 e. The Hall–Kier alpha value is -1.30. The molecule has 1 aromatic heterocycles. The van der Waals surface area contributed by atoms with E-state index in [2.05, 4.69) is 9.72 Å². The lowest BCUT2D eigenvalue weighted by atomic mass is 10.1. The summed E-state index contributed by atoms with van der Waals surface area (Å²) in [5.74, 6) is -2.04. The number of alkyl halides is 2. The van der Waals surface area contributed by atoms with Crippen molar-refractivity contribution in [1.29, 1.82) is 0 Å². The van der Waals surface area contributed by atoms with Crippen LogP contribution in [0.2, 0.25) is 5.02 Å². The predicted octanol–water partition coefficient (Wildman–Crippen LogP) is 2.53. The molecule has 0 amide bonds. The van der Waals surface area contributed by atoms with Crippen molar-refractivity contribution in [3.63, 3.8) is 0 Å². The van der Waals surface area contributed by atoms with Gasteiger partial charge in [0.25, 0.3) is 6.43 Å². The Bertz CT molecular complexity index is 412. The molecule has 0 radical (unpaired) electrons. The molecule has 16 heavy (non-hydrogen) atoms. The van der Waals surface area contributed by atoms with Crippen LogP contribution in [0.4, 0.5) is 13.2 Å². The second kappa shape index (κ2) is 5.16. The van der Waals surface area contributed by atoms with Crippen molar-refractivity contribution in [3.05, 3.63) is 28.3 Å². The van der Waals surface area contributed by atoms with Crippen LogP contribution < -0.4 is 0 Å². The van der Waals surface area contributed by atoms with Gasteiger partial charge in [0.2, 0.25) is 0 Å². The summed E-state index contributed by atoms with van der Waals surface area (Å²) in [5, 5.41) is -0.188. The third-order valence-corrected chi connectivity index (χ3v) is 2.18. The van der Waals surface area contributed by atoms with Crippen molar-refractivity contribution in [3.8, 4) is 0 Å². The Kier molecular flexibility index (Phi) is 4.12. The average molecular weight is 254 g/mol. The van der Waals surface area contributed by atoms with Crippen molar-refractivity contribution in [2.24, 2.45) is 0 Å². The number of aromatic nitrogens is 1. The minimum atomic E-state index is -3.06. The lowest BCUT2D eigenvalue weighted by Crippen LogP contribution is -2.09. The van der Waals surface area contributed by atoms with Gasteiger partial charge in [-0.15, -0.1) is 0 Å². The Labute approximate surface area is 94.2 Å². The highest BCUT2D eigenvalue weighted by Crippen LogP contribution is 2.26. The van der Waals surface area contributed by atoms with Crippen LogP contribution in [0.5, 0.6) is 0 Å². The highest BCUT2D eigenvalue weighted by molar-refractivity contribution is 6.31. The highest BCUT2D eigenvalue weighted by Gasteiger charge is 2.22. The molecule has 0 spiro atoms. The molecular formula is C9H7ClF3NO2. The number of hydrogen-bond acceptors (Lipinski definition) is 3. The minimum Gasteiger partial charge on any atom is -0.469 e. The summed E-state index contributed by atoms with van der Waals surface area (Å²) in [6.45, 7) is 0. The monoisotopic (exact) mass is 253 g/mol. The first-order chi connectivity index (χ1) is 7.47. The molecule has 0 saturated carbocycles. The highest BCUT2D eigenvalue weighted by atomic mass is 35.5. The average Bonchev–Trinajstić information content (AvgIpc) is 2.23. The van der Waals surface area contributed by atoms with Crippen molar-refractivity contribution >= 4 is 17.6 Å². The Morgan fingerprint density at radius 3 is 2.75 bits per heavy atom. The van der Waals surface area contributed by atoms with Gasteiger partial charge >= 0.3 is 5.97 Å². The Balaban J connectivity index is 3.16. The molecule has 0 aliphatic heterocycles. The maximum atomic E-state index is 13.4. The van der Waals surface area contributed by atoms with E-state index in [1.807, 2.05) is 0 Å². The van der Waals surface area contributed by atoms with Gasteiger partial charge < -0.3 is 4.74 Å². The number of carbonyl (C=O) groups is 1. The summed E-state index contributed by atoms with van der Waals surface area (Å²) in [5.41, 5.74) is -1.36. The molecule has 0 atom stereocenters. The number of halogens is 4. The van der Waals surface area contributed by atoms with E-state index in [0.29, 0.717) is 0 Å². The van der Waals surface area contributed by atoms with Crippen molar-refractivity contribution in [2.75, 3.05) is 7.11 Å². The zero-order chi connectivity index (χ0) is 12.3. The van der Waals surface area contributed by atoms with E-state index in [1.54, 1.807) is 0 Å². The van der Waals surface area contributed by atoms with Crippen LogP contribution in [0.3, 0.4) is 0 Å². The van der Waals surface area contributed by atoms with Crippen LogP contribution in [-0.2, 0) is 16.0 Å². The number of hydrogen-bond donors (Lipinski definition) is 0. The molecule has 3 nitrogen and oxygen atoms in total. The summed E-state index contributed by atoms with van der Waals surface area (Å²) in [6, 6.07) is 0. The number of esters is 1. The van der Waals surface area contributed by atoms with Gasteiger partial charge in [-0.05, 0) is 0 Å². The van der Waals surface area contributed by atoms with E-state index in [9.17, 15) is 18.0 Å². The van der Waals surface area contributed by atoms with Gasteiger partial charge in [-0.2, -0.15) is 0 Å². The van der Waals surface area contributed by atoms with Gasteiger partial charge in [0.15, 0.2) is 5.82 Å².